The van der Waals surface area contributed by atoms with Gasteiger partial charge in [0.15, 0.2) is 0 Å². The molecule has 1 aromatic carbocycles. The Morgan fingerprint density at radius 1 is 1.00 bits per heavy atom. The van der Waals surface area contributed by atoms with Gasteiger partial charge in [0.25, 0.3) is 5.17 Å². The average molecular weight is 209 g/mol. The van der Waals surface area contributed by atoms with E-state index in [2.05, 4.69) is 16.7 Å². The number of rotatable bonds is 1. The number of halogens is 1. The molecule has 1 saturated heterocycles. The molecule has 2 rings (SSSR count). The van der Waals surface area contributed by atoms with Crippen LogP contribution in [0.1, 0.15) is 24.8 Å². The summed E-state index contributed by atoms with van der Waals surface area (Å²) in [5.41, 5.74) is 1.14. The Labute approximate surface area is 90.0 Å². The predicted octanol–water partition coefficient (Wildman–Crippen LogP) is 2.87. The lowest BCUT2D eigenvalue weighted by molar-refractivity contribution is -0.534. The van der Waals surface area contributed by atoms with Gasteiger partial charge in [0.2, 0.25) is 0 Å². The summed E-state index contributed by atoms with van der Waals surface area (Å²) in [5.74, 6) is 0. The van der Waals surface area contributed by atoms with Crippen LogP contribution in [0.2, 0.25) is 0 Å². The topological polar surface area (TPSA) is 3.01 Å². The first kappa shape index (κ1) is 9.72. The van der Waals surface area contributed by atoms with Crippen LogP contribution in [0.15, 0.2) is 30.3 Å². The molecule has 1 aliphatic rings. The molecule has 1 heterocycles. The lowest BCUT2D eigenvalue weighted by atomic mass is 10.1. The summed E-state index contributed by atoms with van der Waals surface area (Å²) >= 11 is 6.33. The zero-order chi connectivity index (χ0) is 9.80. The first-order chi connectivity index (χ1) is 6.88. The van der Waals surface area contributed by atoms with Crippen LogP contribution in [0.25, 0.3) is 0 Å². The molecule has 0 unspecified atom stereocenters. The van der Waals surface area contributed by atoms with Crippen LogP contribution in [0.4, 0.5) is 0 Å². The van der Waals surface area contributed by atoms with E-state index in [-0.39, 0.29) is 0 Å². The van der Waals surface area contributed by atoms with Crippen LogP contribution in [0.5, 0.6) is 0 Å². The highest BCUT2D eigenvalue weighted by atomic mass is 35.5. The van der Waals surface area contributed by atoms with Crippen molar-refractivity contribution in [3.05, 3.63) is 35.9 Å². The Morgan fingerprint density at radius 2 is 1.64 bits per heavy atom. The van der Waals surface area contributed by atoms with E-state index in [1.807, 2.05) is 18.2 Å². The maximum absolute atomic E-state index is 6.33. The van der Waals surface area contributed by atoms with Crippen molar-refractivity contribution >= 4 is 16.8 Å². The van der Waals surface area contributed by atoms with Gasteiger partial charge < -0.3 is 0 Å². The average Bonchev–Trinajstić information content (AvgIpc) is 2.30. The van der Waals surface area contributed by atoms with Crippen LogP contribution in [0, 0.1) is 0 Å². The van der Waals surface area contributed by atoms with Crippen molar-refractivity contribution in [1.29, 1.82) is 0 Å². The molecule has 0 atom stereocenters. The molecule has 0 bridgehead atoms. The molecule has 0 aliphatic carbocycles. The molecule has 0 spiro atoms. The van der Waals surface area contributed by atoms with Crippen molar-refractivity contribution in [2.24, 2.45) is 0 Å². The molecule has 0 aromatic heterocycles. The maximum atomic E-state index is 6.33. The molecule has 0 saturated carbocycles. The van der Waals surface area contributed by atoms with E-state index in [1.165, 1.54) is 19.3 Å². The second-order valence-corrected chi connectivity index (χ2v) is 4.06. The van der Waals surface area contributed by atoms with Gasteiger partial charge in [0, 0.05) is 12.8 Å². The van der Waals surface area contributed by atoms with Gasteiger partial charge in [-0.05, 0) is 30.2 Å². The van der Waals surface area contributed by atoms with E-state index in [1.54, 1.807) is 0 Å². The molecular weight excluding hydrogens is 194 g/mol. The first-order valence-electron chi connectivity index (χ1n) is 5.21. The van der Waals surface area contributed by atoms with Gasteiger partial charge in [-0.15, -0.1) is 0 Å². The predicted molar refractivity (Wildman–Crippen MR) is 60.2 cm³/mol. The maximum Gasteiger partial charge on any atom is 0.276 e. The lowest BCUT2D eigenvalue weighted by Gasteiger charge is -2.11. The smallest absolute Gasteiger partial charge is 0.219 e. The number of piperidine rings is 1. The molecule has 0 radical (unpaired) electrons. The SMILES string of the molecule is ClC(c1ccccc1)=[N+]1CCCCC1. The summed E-state index contributed by atoms with van der Waals surface area (Å²) in [4.78, 5) is 0. The third kappa shape index (κ3) is 2.16. The van der Waals surface area contributed by atoms with Crippen molar-refractivity contribution in [2.45, 2.75) is 19.3 Å². The van der Waals surface area contributed by atoms with E-state index in [9.17, 15) is 0 Å². The number of nitrogens with zero attached hydrogens (tertiary/aromatic N) is 1. The summed E-state index contributed by atoms with van der Waals surface area (Å²) in [6.45, 7) is 2.21. The van der Waals surface area contributed by atoms with Crippen molar-refractivity contribution in [1.82, 2.24) is 0 Å². The fraction of sp³-hybridized carbons (Fsp3) is 0.417. The summed E-state index contributed by atoms with van der Waals surface area (Å²) in [6, 6.07) is 10.2. The van der Waals surface area contributed by atoms with Crippen molar-refractivity contribution in [2.75, 3.05) is 13.1 Å². The third-order valence-electron chi connectivity index (χ3n) is 2.65. The van der Waals surface area contributed by atoms with E-state index >= 15 is 0 Å². The van der Waals surface area contributed by atoms with Crippen LogP contribution >= 0.6 is 11.6 Å². The van der Waals surface area contributed by atoms with Gasteiger partial charge in [-0.25, -0.2) is 4.58 Å². The highest BCUT2D eigenvalue weighted by molar-refractivity contribution is 6.68. The van der Waals surface area contributed by atoms with Crippen LogP contribution in [-0.4, -0.2) is 22.8 Å². The van der Waals surface area contributed by atoms with E-state index < -0.39 is 0 Å². The van der Waals surface area contributed by atoms with Gasteiger partial charge in [-0.1, -0.05) is 18.2 Å². The highest BCUT2D eigenvalue weighted by Gasteiger charge is 2.17. The van der Waals surface area contributed by atoms with E-state index in [0.717, 1.165) is 23.8 Å². The molecule has 1 aliphatic heterocycles. The Bertz CT molecular complexity index is 321. The molecular formula is C12H15ClN+. The molecule has 0 N–H and O–H groups in total. The van der Waals surface area contributed by atoms with Gasteiger partial charge in [-0.3, -0.25) is 0 Å². The van der Waals surface area contributed by atoms with Crippen molar-refractivity contribution < 1.29 is 4.58 Å². The standard InChI is InChI=1S/C12H15ClN/c13-12(11-7-3-1-4-8-11)14-9-5-2-6-10-14/h1,3-4,7-8H,2,5-6,9-10H2/q+1. The second kappa shape index (κ2) is 4.61. The number of hydrogen-bond donors (Lipinski definition) is 0. The van der Waals surface area contributed by atoms with E-state index in [4.69, 9.17) is 11.6 Å². The zero-order valence-corrected chi connectivity index (χ0v) is 9.00. The van der Waals surface area contributed by atoms with Gasteiger partial charge >= 0.3 is 0 Å². The molecule has 2 heteroatoms. The molecule has 1 aromatic rings. The molecule has 0 amide bonds. The molecule has 1 nitrogen and oxygen atoms in total. The summed E-state index contributed by atoms with van der Waals surface area (Å²) < 4.78 is 2.28. The number of hydrogen-bond acceptors (Lipinski definition) is 0. The lowest BCUT2D eigenvalue weighted by Crippen LogP contribution is -2.24. The fourth-order valence-corrected chi connectivity index (χ4v) is 2.14. The minimum absolute atomic E-state index is 0.908. The van der Waals surface area contributed by atoms with E-state index in [0.29, 0.717) is 0 Å². The van der Waals surface area contributed by atoms with Crippen molar-refractivity contribution in [3.63, 3.8) is 0 Å². The Balaban J connectivity index is 2.25. The largest absolute Gasteiger partial charge is 0.276 e. The second-order valence-electron chi connectivity index (χ2n) is 3.70. The monoisotopic (exact) mass is 208 g/mol. The van der Waals surface area contributed by atoms with Gasteiger partial charge in [0.05, 0.1) is 5.56 Å². The molecule has 14 heavy (non-hydrogen) atoms. The van der Waals surface area contributed by atoms with Crippen LogP contribution < -0.4 is 0 Å². The third-order valence-corrected chi connectivity index (χ3v) is 3.10. The van der Waals surface area contributed by atoms with Crippen molar-refractivity contribution in [3.8, 4) is 0 Å². The highest BCUT2D eigenvalue weighted by Crippen LogP contribution is 2.10. The zero-order valence-electron chi connectivity index (χ0n) is 8.25. The van der Waals surface area contributed by atoms with Gasteiger partial charge in [-0.2, -0.15) is 0 Å². The summed E-state index contributed by atoms with van der Waals surface area (Å²) in [6.07, 6.45) is 3.88. The molecule has 74 valence electrons. The summed E-state index contributed by atoms with van der Waals surface area (Å²) in [5, 5.41) is 0.908. The minimum Gasteiger partial charge on any atom is -0.219 e. The Morgan fingerprint density at radius 3 is 2.29 bits per heavy atom. The Hall–Kier alpha value is -0.820. The van der Waals surface area contributed by atoms with Gasteiger partial charge in [0.1, 0.15) is 13.1 Å². The van der Waals surface area contributed by atoms with Crippen LogP contribution in [-0.2, 0) is 0 Å². The summed E-state index contributed by atoms with van der Waals surface area (Å²) in [7, 11) is 0. The first-order valence-corrected chi connectivity index (χ1v) is 5.58. The fourth-order valence-electron chi connectivity index (χ4n) is 1.85. The minimum atomic E-state index is 0.908. The Kier molecular flexibility index (Phi) is 3.20. The molecule has 1 fully saturated rings. The quantitative estimate of drug-likeness (QED) is 0.625. The number of benzene rings is 1. The normalized spacial score (nSPS) is 16.8. The van der Waals surface area contributed by atoms with Crippen LogP contribution in [0.3, 0.4) is 0 Å².